The molecule has 0 saturated heterocycles. The van der Waals surface area contributed by atoms with Crippen molar-refractivity contribution in [2.24, 2.45) is 39.9 Å². The summed E-state index contributed by atoms with van der Waals surface area (Å²) in [4.78, 5) is 9.48. The third-order valence-electron chi connectivity index (χ3n) is 13.5. The summed E-state index contributed by atoms with van der Waals surface area (Å²) in [7, 11) is 0. The van der Waals surface area contributed by atoms with Crippen LogP contribution in [0.5, 0.6) is 0 Å². The Morgan fingerprint density at radius 2 is 1.83 bits per heavy atom. The predicted molar refractivity (Wildman–Crippen MR) is 164 cm³/mol. The van der Waals surface area contributed by atoms with E-state index in [-0.39, 0.29) is 27.8 Å². The van der Waals surface area contributed by atoms with E-state index in [2.05, 4.69) is 64.7 Å². The highest BCUT2D eigenvalue weighted by molar-refractivity contribution is 5.79. The highest BCUT2D eigenvalue weighted by Gasteiger charge is 2.70. The summed E-state index contributed by atoms with van der Waals surface area (Å²) in [6.07, 6.45) is 11.8. The fourth-order valence-electron chi connectivity index (χ4n) is 10.7. The van der Waals surface area contributed by atoms with E-state index in [1.54, 1.807) is 13.8 Å². The number of nitrogens with zero attached hydrogens (tertiary/aromatic N) is 2. The van der Waals surface area contributed by atoms with Crippen LogP contribution in [0.3, 0.4) is 0 Å². The van der Waals surface area contributed by atoms with E-state index in [1.165, 1.54) is 29.7 Å². The second kappa shape index (κ2) is 9.34. The lowest BCUT2D eigenvalue weighted by Gasteiger charge is -2.67. The largest absolute Gasteiger partial charge is 0.393 e. The molecule has 0 unspecified atom stereocenters. The van der Waals surface area contributed by atoms with E-state index in [0.717, 1.165) is 36.6 Å². The summed E-state index contributed by atoms with van der Waals surface area (Å²) in [6, 6.07) is 4.40. The lowest BCUT2D eigenvalue weighted by atomic mass is 9.38. The predicted octanol–water partition coefficient (Wildman–Crippen LogP) is 6.77. The number of aliphatic hydroxyl groups is 3. The highest BCUT2D eigenvalue weighted by atomic mass is 16.3. The van der Waals surface area contributed by atoms with Crippen molar-refractivity contribution >= 4 is 10.9 Å². The van der Waals surface area contributed by atoms with Crippen LogP contribution in [0, 0.1) is 39.9 Å². The molecule has 2 heterocycles. The molecule has 2 fully saturated rings. The van der Waals surface area contributed by atoms with Gasteiger partial charge >= 0.3 is 0 Å². The Balaban J connectivity index is 1.35. The molecule has 224 valence electrons. The van der Waals surface area contributed by atoms with Gasteiger partial charge < -0.3 is 15.3 Å². The van der Waals surface area contributed by atoms with Crippen molar-refractivity contribution in [2.75, 3.05) is 0 Å². The molecule has 0 bridgehead atoms. The van der Waals surface area contributed by atoms with Crippen molar-refractivity contribution in [1.82, 2.24) is 9.97 Å². The van der Waals surface area contributed by atoms with Crippen molar-refractivity contribution < 1.29 is 15.3 Å². The van der Waals surface area contributed by atoms with Crippen LogP contribution in [-0.2, 0) is 11.8 Å². The molecular weight excluding hydrogens is 508 g/mol. The topological polar surface area (TPSA) is 86.5 Å². The van der Waals surface area contributed by atoms with Gasteiger partial charge in [0.05, 0.1) is 35.2 Å². The fourth-order valence-corrected chi connectivity index (χ4v) is 10.7. The molecule has 5 heteroatoms. The molecule has 9 atom stereocenters. The average Bonchev–Trinajstić information content (AvgIpc) is 3.17. The molecule has 0 radical (unpaired) electrons. The second-order valence-corrected chi connectivity index (χ2v) is 16.2. The molecule has 6 rings (SSSR count). The zero-order valence-corrected chi connectivity index (χ0v) is 26.5. The minimum atomic E-state index is -1.08. The third-order valence-corrected chi connectivity index (χ3v) is 13.5. The van der Waals surface area contributed by atoms with Crippen LogP contribution in [0.1, 0.15) is 105 Å². The number of aromatic nitrogens is 2. The number of pyridine rings is 2. The van der Waals surface area contributed by atoms with Gasteiger partial charge in [-0.05, 0) is 111 Å². The van der Waals surface area contributed by atoms with E-state index in [9.17, 15) is 15.3 Å². The van der Waals surface area contributed by atoms with Crippen LogP contribution in [0.2, 0.25) is 0 Å². The van der Waals surface area contributed by atoms with E-state index in [0.29, 0.717) is 30.1 Å². The molecule has 4 aliphatic rings. The monoisotopic (exact) mass is 560 g/mol. The van der Waals surface area contributed by atoms with Gasteiger partial charge in [-0.25, -0.2) is 0 Å². The maximum atomic E-state index is 12.3. The molecule has 0 amide bonds. The number of allylic oxidation sites excluding steroid dienone is 2. The van der Waals surface area contributed by atoms with Gasteiger partial charge in [-0.1, -0.05) is 53.2 Å². The minimum absolute atomic E-state index is 0.0356. The van der Waals surface area contributed by atoms with Crippen molar-refractivity contribution in [3.63, 3.8) is 0 Å². The molecule has 0 aromatic carbocycles. The van der Waals surface area contributed by atoms with Crippen molar-refractivity contribution in [1.29, 1.82) is 0 Å². The highest BCUT2D eigenvalue weighted by Crippen LogP contribution is 2.74. The van der Waals surface area contributed by atoms with Crippen molar-refractivity contribution in [3.8, 4) is 0 Å². The molecule has 2 saturated carbocycles. The van der Waals surface area contributed by atoms with Gasteiger partial charge in [-0.15, -0.1) is 0 Å². The van der Waals surface area contributed by atoms with Crippen LogP contribution in [0.4, 0.5) is 0 Å². The number of rotatable bonds is 5. The van der Waals surface area contributed by atoms with Gasteiger partial charge in [0.15, 0.2) is 0 Å². The van der Waals surface area contributed by atoms with Crippen LogP contribution in [-0.4, -0.2) is 43.1 Å². The first kappa shape index (κ1) is 29.3. The number of hydrogen-bond acceptors (Lipinski definition) is 5. The van der Waals surface area contributed by atoms with E-state index in [4.69, 9.17) is 4.98 Å². The molecule has 3 N–H and O–H groups in total. The molecular formula is C36H52N2O3. The Morgan fingerprint density at radius 3 is 2.54 bits per heavy atom. The molecule has 0 spiro atoms. The van der Waals surface area contributed by atoms with Gasteiger partial charge in [0, 0.05) is 22.4 Å². The average molecular weight is 561 g/mol. The van der Waals surface area contributed by atoms with E-state index in [1.807, 2.05) is 12.4 Å². The molecule has 0 aliphatic heterocycles. The molecule has 5 nitrogen and oxygen atoms in total. The number of hydrogen-bond donors (Lipinski definition) is 3. The van der Waals surface area contributed by atoms with Crippen molar-refractivity contribution in [2.45, 2.75) is 124 Å². The summed E-state index contributed by atoms with van der Waals surface area (Å²) in [5.41, 5.74) is 3.63. The second-order valence-electron chi connectivity index (χ2n) is 16.2. The van der Waals surface area contributed by atoms with Gasteiger partial charge in [0.2, 0.25) is 0 Å². The molecule has 2 aromatic rings. The Hall–Kier alpha value is -1.82. The first-order valence-corrected chi connectivity index (χ1v) is 16.1. The molecule has 2 aromatic heterocycles. The van der Waals surface area contributed by atoms with Crippen LogP contribution < -0.4 is 0 Å². The maximum absolute atomic E-state index is 12.3. The van der Waals surface area contributed by atoms with Crippen molar-refractivity contribution in [3.05, 3.63) is 47.4 Å². The SMILES string of the molecule is C[C@H](CC[C@@H](O)C(C)(C)O)[C@H]1CC[C@@]2(C)[C@@H]3CC=C4[C@@H](Cc5cc6ccncc6nc5C4(C)C)[C@]3(C)[C@H](O)C[C@]12C. The summed E-state index contributed by atoms with van der Waals surface area (Å²) in [5, 5.41) is 34.3. The van der Waals surface area contributed by atoms with Gasteiger partial charge in [-0.3, -0.25) is 9.97 Å². The normalized spacial score (nSPS) is 39.2. The van der Waals surface area contributed by atoms with Gasteiger partial charge in [0.1, 0.15) is 0 Å². The summed E-state index contributed by atoms with van der Waals surface area (Å²) in [5.74, 6) is 1.63. The lowest BCUT2D eigenvalue weighted by Crippen LogP contribution is -2.64. The van der Waals surface area contributed by atoms with Gasteiger partial charge in [-0.2, -0.15) is 0 Å². The van der Waals surface area contributed by atoms with E-state index >= 15 is 0 Å². The lowest BCUT2D eigenvalue weighted by molar-refractivity contribution is -0.198. The number of fused-ring (bicyclic) bond motifs is 7. The maximum Gasteiger partial charge on any atom is 0.0889 e. The van der Waals surface area contributed by atoms with Gasteiger partial charge in [0.25, 0.3) is 0 Å². The summed E-state index contributed by atoms with van der Waals surface area (Å²) >= 11 is 0. The Labute approximate surface area is 246 Å². The first-order valence-electron chi connectivity index (χ1n) is 16.1. The zero-order valence-electron chi connectivity index (χ0n) is 26.5. The molecule has 4 aliphatic carbocycles. The standard InChI is InChI=1S/C36H52N2O3/c1-21(9-12-29(39)33(4,5)41)24-13-15-34(6)28-11-10-25-26(36(28,8)30(40)19-35(24,34)7)18-23-17-22-14-16-37-20-27(22)38-31(23)32(25,2)3/h10,14,16-17,20-21,24,26,28-30,39-41H,9,11-13,15,18-19H2,1-8H3/t21-,24-,26-,28+,29-,30-,34+,35-,36+/m1/s1. The number of aliphatic hydroxyl groups excluding tert-OH is 2. The minimum Gasteiger partial charge on any atom is -0.393 e. The fraction of sp³-hybridized carbons (Fsp3) is 0.722. The summed E-state index contributed by atoms with van der Waals surface area (Å²) in [6.45, 7) is 17.8. The third kappa shape index (κ3) is 4.04. The Kier molecular flexibility index (Phi) is 6.66. The Morgan fingerprint density at radius 1 is 1.10 bits per heavy atom. The zero-order chi connectivity index (χ0) is 29.8. The smallest absolute Gasteiger partial charge is 0.0889 e. The van der Waals surface area contributed by atoms with Crippen LogP contribution in [0.15, 0.2) is 36.2 Å². The van der Waals surface area contributed by atoms with Crippen LogP contribution in [0.25, 0.3) is 10.9 Å². The summed E-state index contributed by atoms with van der Waals surface area (Å²) < 4.78 is 0. The quantitative estimate of drug-likeness (QED) is 0.352. The Bertz CT molecular complexity index is 1380. The van der Waals surface area contributed by atoms with E-state index < -0.39 is 11.7 Å². The molecule has 41 heavy (non-hydrogen) atoms. The first-order chi connectivity index (χ1) is 19.0. The van der Waals surface area contributed by atoms with Crippen LogP contribution >= 0.6 is 0 Å².